The summed E-state index contributed by atoms with van der Waals surface area (Å²) in [7, 11) is 0. The lowest BCUT2D eigenvalue weighted by Crippen LogP contribution is -2.43. The Kier molecular flexibility index (Phi) is 6.32. The van der Waals surface area contributed by atoms with Crippen LogP contribution in [0.4, 0.5) is 0 Å². The van der Waals surface area contributed by atoms with Gasteiger partial charge >= 0.3 is 0 Å². The number of unbranched alkanes of at least 4 members (excludes halogenated alkanes) is 1. The molecule has 1 amide bonds. The van der Waals surface area contributed by atoms with Crippen LogP contribution in [0.2, 0.25) is 0 Å². The molecule has 1 aromatic heterocycles. The van der Waals surface area contributed by atoms with Crippen molar-refractivity contribution >= 4 is 5.91 Å². The van der Waals surface area contributed by atoms with Gasteiger partial charge in [-0.1, -0.05) is 26.2 Å². The molecule has 7 heteroatoms. The lowest BCUT2D eigenvalue weighted by atomic mass is 9.79. The summed E-state index contributed by atoms with van der Waals surface area (Å²) >= 11 is 0. The highest BCUT2D eigenvalue weighted by atomic mass is 16.7. The summed E-state index contributed by atoms with van der Waals surface area (Å²) in [5.74, 6) is 3.98. The highest BCUT2D eigenvalue weighted by molar-refractivity contribution is 5.79. The van der Waals surface area contributed by atoms with Crippen molar-refractivity contribution in [3.63, 3.8) is 0 Å². The third kappa shape index (κ3) is 4.48. The number of carbonyl (C=O) groups is 1. The zero-order chi connectivity index (χ0) is 21.9. The Hall–Kier alpha value is -2.57. The van der Waals surface area contributed by atoms with E-state index in [1.165, 1.54) is 32.1 Å². The molecule has 1 aromatic carbocycles. The molecule has 0 spiro atoms. The molecule has 172 valence electrons. The highest BCUT2D eigenvalue weighted by Gasteiger charge is 2.34. The summed E-state index contributed by atoms with van der Waals surface area (Å²) in [4.78, 5) is 15.3. The molecule has 1 unspecified atom stereocenters. The third-order valence-corrected chi connectivity index (χ3v) is 7.30. The number of aromatic nitrogens is 2. The van der Waals surface area contributed by atoms with Crippen molar-refractivity contribution in [2.75, 3.05) is 19.9 Å². The molecule has 1 atom stereocenters. The number of piperidine rings is 1. The van der Waals surface area contributed by atoms with E-state index in [1.54, 1.807) is 0 Å². The van der Waals surface area contributed by atoms with Crippen LogP contribution < -0.4 is 9.47 Å². The molecule has 1 aliphatic carbocycles. The minimum atomic E-state index is 0.101. The van der Waals surface area contributed by atoms with Crippen LogP contribution in [0.1, 0.15) is 76.5 Å². The van der Waals surface area contributed by atoms with E-state index in [-0.39, 0.29) is 18.6 Å². The van der Waals surface area contributed by atoms with Crippen molar-refractivity contribution in [2.45, 2.75) is 70.6 Å². The monoisotopic (exact) mass is 439 g/mol. The van der Waals surface area contributed by atoms with Gasteiger partial charge in [0.05, 0.1) is 5.92 Å². The first-order chi connectivity index (χ1) is 15.7. The fourth-order valence-corrected chi connectivity index (χ4v) is 5.37. The van der Waals surface area contributed by atoms with Crippen molar-refractivity contribution in [2.24, 2.45) is 11.8 Å². The molecule has 5 rings (SSSR count). The molecule has 0 bridgehead atoms. The second-order valence-corrected chi connectivity index (χ2v) is 9.50. The number of likely N-dealkylation sites (tertiary alicyclic amines) is 1. The van der Waals surface area contributed by atoms with Gasteiger partial charge in [0.25, 0.3) is 0 Å². The van der Waals surface area contributed by atoms with Crippen LogP contribution in [0.5, 0.6) is 11.5 Å². The number of nitrogens with zero attached hydrogens (tertiary/aromatic N) is 3. The number of rotatable bonds is 6. The Morgan fingerprint density at radius 3 is 2.78 bits per heavy atom. The van der Waals surface area contributed by atoms with Crippen molar-refractivity contribution in [1.29, 1.82) is 0 Å². The summed E-state index contributed by atoms with van der Waals surface area (Å²) in [5, 5.41) is 8.59. The van der Waals surface area contributed by atoms with Crippen LogP contribution in [0.25, 0.3) is 11.5 Å². The number of hydrogen-bond donors (Lipinski definition) is 0. The van der Waals surface area contributed by atoms with Crippen LogP contribution >= 0.6 is 0 Å². The molecule has 2 aliphatic heterocycles. The van der Waals surface area contributed by atoms with Gasteiger partial charge in [-0.25, -0.2) is 0 Å². The van der Waals surface area contributed by atoms with Gasteiger partial charge in [0.1, 0.15) is 0 Å². The van der Waals surface area contributed by atoms with Crippen molar-refractivity contribution < 1.29 is 18.7 Å². The number of hydrogen-bond acceptors (Lipinski definition) is 6. The van der Waals surface area contributed by atoms with Gasteiger partial charge in [-0.2, -0.15) is 0 Å². The Morgan fingerprint density at radius 1 is 1.09 bits per heavy atom. The van der Waals surface area contributed by atoms with Crippen LogP contribution in [-0.4, -0.2) is 40.9 Å². The van der Waals surface area contributed by atoms with Crippen LogP contribution in [-0.2, 0) is 4.79 Å². The maximum Gasteiger partial charge on any atom is 0.247 e. The summed E-state index contributed by atoms with van der Waals surface area (Å²) in [6, 6.07) is 5.63. The summed E-state index contributed by atoms with van der Waals surface area (Å²) < 4.78 is 16.9. The predicted molar refractivity (Wildman–Crippen MR) is 119 cm³/mol. The quantitative estimate of drug-likeness (QED) is 0.618. The molecule has 0 radical (unpaired) electrons. The minimum absolute atomic E-state index is 0.101. The van der Waals surface area contributed by atoms with Crippen molar-refractivity contribution in [3.05, 3.63) is 24.1 Å². The zero-order valence-corrected chi connectivity index (χ0v) is 18.9. The van der Waals surface area contributed by atoms with Crippen molar-refractivity contribution in [1.82, 2.24) is 15.1 Å². The lowest BCUT2D eigenvalue weighted by molar-refractivity contribution is -0.138. The summed E-state index contributed by atoms with van der Waals surface area (Å²) in [5.41, 5.74) is 0.816. The number of benzene rings is 1. The molecule has 3 aliphatic rings. The maximum atomic E-state index is 13.2. The van der Waals surface area contributed by atoms with E-state index < -0.39 is 0 Å². The van der Waals surface area contributed by atoms with E-state index in [0.29, 0.717) is 30.0 Å². The number of ether oxygens (including phenoxy) is 2. The van der Waals surface area contributed by atoms with E-state index >= 15 is 0 Å². The Bertz CT molecular complexity index is 935. The zero-order valence-electron chi connectivity index (χ0n) is 18.9. The molecule has 1 saturated carbocycles. The van der Waals surface area contributed by atoms with Gasteiger partial charge in [-0.15, -0.1) is 10.2 Å². The van der Waals surface area contributed by atoms with E-state index in [1.807, 2.05) is 18.2 Å². The topological polar surface area (TPSA) is 77.7 Å². The fraction of sp³-hybridized carbons (Fsp3) is 0.640. The molecule has 7 nitrogen and oxygen atoms in total. The van der Waals surface area contributed by atoms with Crippen molar-refractivity contribution in [3.8, 4) is 23.0 Å². The van der Waals surface area contributed by atoms with Gasteiger partial charge in [-0.3, -0.25) is 4.79 Å². The molecule has 32 heavy (non-hydrogen) atoms. The minimum Gasteiger partial charge on any atom is -0.454 e. The highest BCUT2D eigenvalue weighted by Crippen LogP contribution is 2.37. The number of amides is 1. The Morgan fingerprint density at radius 2 is 1.94 bits per heavy atom. The smallest absolute Gasteiger partial charge is 0.247 e. The standard InChI is InChI=1S/C25H33N3O4/c1-2-3-5-17-7-9-18(10-8-17)25(29)28-13-4-6-20(15-28)24-27-26-23(32-24)19-11-12-21-22(14-19)31-16-30-21/h11-12,14,17-18,20H,2-10,13,15-16H2,1H3. The molecule has 0 N–H and O–H groups in total. The molecular formula is C25H33N3O4. The summed E-state index contributed by atoms with van der Waals surface area (Å²) in [6.45, 7) is 4.01. The van der Waals surface area contributed by atoms with Gasteiger partial charge in [0.2, 0.25) is 24.5 Å². The Labute approximate surface area is 189 Å². The Balaban J connectivity index is 1.20. The predicted octanol–water partition coefficient (Wildman–Crippen LogP) is 5.17. The fourth-order valence-electron chi connectivity index (χ4n) is 5.37. The largest absolute Gasteiger partial charge is 0.454 e. The third-order valence-electron chi connectivity index (χ3n) is 7.30. The molecular weight excluding hydrogens is 406 g/mol. The molecule has 2 aromatic rings. The molecule has 3 heterocycles. The SMILES string of the molecule is CCCCC1CCC(C(=O)N2CCCC(c3nnc(-c4ccc5c(c4)OCO5)o3)C2)CC1. The van der Waals surface area contributed by atoms with Gasteiger partial charge < -0.3 is 18.8 Å². The van der Waals surface area contributed by atoms with Gasteiger partial charge in [0.15, 0.2) is 11.5 Å². The van der Waals surface area contributed by atoms with Crippen LogP contribution in [0.3, 0.4) is 0 Å². The number of carbonyl (C=O) groups excluding carboxylic acids is 1. The average molecular weight is 440 g/mol. The normalized spacial score (nSPS) is 25.2. The molecule has 2 fully saturated rings. The van der Waals surface area contributed by atoms with Crippen LogP contribution in [0.15, 0.2) is 22.6 Å². The first-order valence-corrected chi connectivity index (χ1v) is 12.2. The first kappa shape index (κ1) is 21.3. The molecule has 1 saturated heterocycles. The average Bonchev–Trinajstić information content (AvgIpc) is 3.52. The second-order valence-electron chi connectivity index (χ2n) is 9.50. The lowest BCUT2D eigenvalue weighted by Gasteiger charge is -2.36. The van der Waals surface area contributed by atoms with Gasteiger partial charge in [0, 0.05) is 24.6 Å². The van der Waals surface area contributed by atoms with Gasteiger partial charge in [-0.05, 0) is 62.6 Å². The van der Waals surface area contributed by atoms with E-state index in [4.69, 9.17) is 13.9 Å². The van der Waals surface area contributed by atoms with E-state index in [9.17, 15) is 4.79 Å². The van der Waals surface area contributed by atoms with E-state index in [2.05, 4.69) is 22.0 Å². The second kappa shape index (κ2) is 9.51. The first-order valence-electron chi connectivity index (χ1n) is 12.2. The summed E-state index contributed by atoms with van der Waals surface area (Å²) in [6.07, 6.45) is 10.3. The number of fused-ring (bicyclic) bond motifs is 1. The van der Waals surface area contributed by atoms with E-state index in [0.717, 1.165) is 49.5 Å². The van der Waals surface area contributed by atoms with Crippen LogP contribution in [0, 0.1) is 11.8 Å². The maximum absolute atomic E-state index is 13.2.